The molecule has 0 fully saturated rings. The molecule has 0 spiro atoms. The van der Waals surface area contributed by atoms with Crippen molar-refractivity contribution in [1.82, 2.24) is 20.4 Å². The highest BCUT2D eigenvalue weighted by molar-refractivity contribution is 5.79. The lowest BCUT2D eigenvalue weighted by atomic mass is 9.86. The summed E-state index contributed by atoms with van der Waals surface area (Å²) >= 11 is 0. The fourth-order valence-electron chi connectivity index (χ4n) is 2.71. The topological polar surface area (TPSA) is 74.5 Å². The Morgan fingerprint density at radius 1 is 1.22 bits per heavy atom. The molecule has 27 heavy (non-hydrogen) atoms. The van der Waals surface area contributed by atoms with Crippen LogP contribution in [0.25, 0.3) is 0 Å². The molecular formula is C21H33N5O. The number of aliphatic hydroxyl groups is 1. The van der Waals surface area contributed by atoms with Crippen LogP contribution in [-0.4, -0.2) is 40.5 Å². The van der Waals surface area contributed by atoms with Crippen molar-refractivity contribution in [3.8, 4) is 0 Å². The zero-order valence-corrected chi connectivity index (χ0v) is 17.2. The van der Waals surface area contributed by atoms with Crippen LogP contribution in [0.1, 0.15) is 50.5 Å². The molecule has 6 heteroatoms. The second-order valence-electron chi connectivity index (χ2n) is 7.81. The van der Waals surface area contributed by atoms with Crippen LogP contribution < -0.4 is 10.6 Å². The number of aromatic nitrogens is 2. The minimum atomic E-state index is -0.622. The standard InChI is InChI=1S/C21H33N5O/c1-6-22-20(23-11-12-26-15-16(2)13-25-26)24-14-19(27)17-7-9-18(10-8-17)21(3,4)5/h7-10,13,15,19,27H,6,11-12,14H2,1-5H3,(H2,22,23,24). The second-order valence-corrected chi connectivity index (χ2v) is 7.81. The average molecular weight is 372 g/mol. The molecule has 0 saturated carbocycles. The van der Waals surface area contributed by atoms with Crippen molar-refractivity contribution in [2.24, 2.45) is 4.99 Å². The molecule has 148 valence electrons. The van der Waals surface area contributed by atoms with E-state index in [4.69, 9.17) is 0 Å². The zero-order valence-electron chi connectivity index (χ0n) is 17.2. The minimum Gasteiger partial charge on any atom is -0.386 e. The Balaban J connectivity index is 1.90. The van der Waals surface area contributed by atoms with Gasteiger partial charge in [-0.1, -0.05) is 45.0 Å². The Kier molecular flexibility index (Phi) is 7.42. The smallest absolute Gasteiger partial charge is 0.191 e. The maximum Gasteiger partial charge on any atom is 0.191 e. The molecule has 1 aromatic heterocycles. The van der Waals surface area contributed by atoms with E-state index in [0.29, 0.717) is 19.0 Å². The van der Waals surface area contributed by atoms with E-state index >= 15 is 0 Å². The second kappa shape index (κ2) is 9.55. The molecule has 0 aliphatic rings. The van der Waals surface area contributed by atoms with Crippen molar-refractivity contribution in [2.75, 3.05) is 19.6 Å². The van der Waals surface area contributed by atoms with E-state index in [2.05, 4.69) is 53.6 Å². The Bertz CT molecular complexity index is 728. The molecule has 1 atom stereocenters. The number of guanidine groups is 1. The first-order valence-electron chi connectivity index (χ1n) is 9.59. The van der Waals surface area contributed by atoms with Crippen molar-refractivity contribution < 1.29 is 5.11 Å². The predicted octanol–water partition coefficient (Wildman–Crippen LogP) is 2.78. The van der Waals surface area contributed by atoms with Crippen molar-refractivity contribution in [2.45, 2.75) is 52.7 Å². The van der Waals surface area contributed by atoms with Gasteiger partial charge in [0, 0.05) is 19.3 Å². The number of nitrogens with one attached hydrogen (secondary N) is 2. The van der Waals surface area contributed by atoms with Crippen molar-refractivity contribution >= 4 is 5.96 Å². The van der Waals surface area contributed by atoms with Gasteiger partial charge in [-0.15, -0.1) is 0 Å². The highest BCUT2D eigenvalue weighted by atomic mass is 16.3. The fraction of sp³-hybridized carbons (Fsp3) is 0.524. The summed E-state index contributed by atoms with van der Waals surface area (Å²) in [6, 6.07) is 8.14. The SMILES string of the molecule is CCNC(=NCC(O)c1ccc(C(C)(C)C)cc1)NCCn1cc(C)cn1. The Labute approximate surface area is 162 Å². The van der Waals surface area contributed by atoms with Gasteiger partial charge in [0.15, 0.2) is 5.96 Å². The van der Waals surface area contributed by atoms with Crippen LogP contribution in [0.2, 0.25) is 0 Å². The van der Waals surface area contributed by atoms with Gasteiger partial charge in [0.25, 0.3) is 0 Å². The Hall–Kier alpha value is -2.34. The van der Waals surface area contributed by atoms with E-state index in [-0.39, 0.29) is 5.41 Å². The maximum absolute atomic E-state index is 10.5. The van der Waals surface area contributed by atoms with Crippen molar-refractivity contribution in [1.29, 1.82) is 0 Å². The molecule has 0 saturated heterocycles. The van der Waals surface area contributed by atoms with Gasteiger partial charge in [-0.25, -0.2) is 0 Å². The summed E-state index contributed by atoms with van der Waals surface area (Å²) < 4.78 is 1.90. The molecule has 0 radical (unpaired) electrons. The van der Waals surface area contributed by atoms with Crippen LogP contribution in [0.3, 0.4) is 0 Å². The third kappa shape index (κ3) is 6.71. The molecule has 3 N–H and O–H groups in total. The number of aliphatic imine (C=N–C) groups is 1. The molecule has 1 unspecified atom stereocenters. The first kappa shape index (κ1) is 21.0. The van der Waals surface area contributed by atoms with Crippen LogP contribution in [0.5, 0.6) is 0 Å². The van der Waals surface area contributed by atoms with Crippen LogP contribution >= 0.6 is 0 Å². The van der Waals surface area contributed by atoms with Crippen molar-refractivity contribution in [3.63, 3.8) is 0 Å². The lowest BCUT2D eigenvalue weighted by Gasteiger charge is -2.20. The van der Waals surface area contributed by atoms with E-state index in [9.17, 15) is 5.11 Å². The first-order chi connectivity index (χ1) is 12.8. The fourth-order valence-corrected chi connectivity index (χ4v) is 2.71. The summed E-state index contributed by atoms with van der Waals surface area (Å²) in [5.41, 5.74) is 3.40. The van der Waals surface area contributed by atoms with Gasteiger partial charge in [-0.05, 0) is 36.0 Å². The largest absolute Gasteiger partial charge is 0.386 e. The summed E-state index contributed by atoms with van der Waals surface area (Å²) in [5, 5.41) is 21.2. The van der Waals surface area contributed by atoms with E-state index in [0.717, 1.165) is 24.2 Å². The number of benzene rings is 1. The summed E-state index contributed by atoms with van der Waals surface area (Å²) in [6.07, 6.45) is 3.24. The van der Waals surface area contributed by atoms with E-state index in [1.165, 1.54) is 5.56 Å². The molecule has 1 aromatic carbocycles. The normalized spacial score (nSPS) is 13.5. The molecule has 0 aliphatic carbocycles. The number of aliphatic hydroxyl groups excluding tert-OH is 1. The predicted molar refractivity (Wildman–Crippen MR) is 111 cm³/mol. The average Bonchev–Trinajstić information content (AvgIpc) is 3.04. The number of hydrogen-bond donors (Lipinski definition) is 3. The van der Waals surface area contributed by atoms with E-state index < -0.39 is 6.10 Å². The van der Waals surface area contributed by atoms with Crippen LogP contribution in [-0.2, 0) is 12.0 Å². The van der Waals surface area contributed by atoms with Crippen LogP contribution in [0.15, 0.2) is 41.7 Å². The monoisotopic (exact) mass is 371 g/mol. The van der Waals surface area contributed by atoms with Crippen LogP contribution in [0.4, 0.5) is 0 Å². The molecule has 0 aliphatic heterocycles. The highest BCUT2D eigenvalue weighted by Crippen LogP contribution is 2.24. The van der Waals surface area contributed by atoms with Gasteiger partial charge < -0.3 is 15.7 Å². The van der Waals surface area contributed by atoms with Gasteiger partial charge >= 0.3 is 0 Å². The Morgan fingerprint density at radius 3 is 2.48 bits per heavy atom. The van der Waals surface area contributed by atoms with Crippen LogP contribution in [0, 0.1) is 6.92 Å². The maximum atomic E-state index is 10.5. The molecule has 6 nitrogen and oxygen atoms in total. The van der Waals surface area contributed by atoms with E-state index in [1.54, 1.807) is 0 Å². The third-order valence-electron chi connectivity index (χ3n) is 4.32. The van der Waals surface area contributed by atoms with E-state index in [1.807, 2.05) is 43.1 Å². The van der Waals surface area contributed by atoms with Gasteiger partial charge in [0.2, 0.25) is 0 Å². The molecule has 2 aromatic rings. The van der Waals surface area contributed by atoms with Gasteiger partial charge in [-0.3, -0.25) is 9.67 Å². The zero-order chi connectivity index (χ0) is 19.9. The van der Waals surface area contributed by atoms with Gasteiger partial charge in [0.05, 0.1) is 25.4 Å². The lowest BCUT2D eigenvalue weighted by molar-refractivity contribution is 0.187. The summed E-state index contributed by atoms with van der Waals surface area (Å²) in [5.74, 6) is 0.701. The summed E-state index contributed by atoms with van der Waals surface area (Å²) in [6.45, 7) is 13.1. The number of aryl methyl sites for hydroxylation is 1. The first-order valence-corrected chi connectivity index (χ1v) is 9.59. The number of nitrogens with zero attached hydrogens (tertiary/aromatic N) is 3. The molecule has 2 rings (SSSR count). The van der Waals surface area contributed by atoms with Crippen molar-refractivity contribution in [3.05, 3.63) is 53.3 Å². The lowest BCUT2D eigenvalue weighted by Crippen LogP contribution is -2.39. The molecule has 1 heterocycles. The summed E-state index contributed by atoms with van der Waals surface area (Å²) in [7, 11) is 0. The minimum absolute atomic E-state index is 0.108. The molecule has 0 amide bonds. The summed E-state index contributed by atoms with van der Waals surface area (Å²) in [4.78, 5) is 4.51. The highest BCUT2D eigenvalue weighted by Gasteiger charge is 2.14. The number of rotatable bonds is 7. The quantitative estimate of drug-likeness (QED) is 0.517. The Morgan fingerprint density at radius 2 is 1.93 bits per heavy atom. The third-order valence-corrected chi connectivity index (χ3v) is 4.32. The van der Waals surface area contributed by atoms with Gasteiger partial charge in [-0.2, -0.15) is 5.10 Å². The number of hydrogen-bond acceptors (Lipinski definition) is 3. The molecular weight excluding hydrogens is 338 g/mol. The van der Waals surface area contributed by atoms with Gasteiger partial charge in [0.1, 0.15) is 0 Å². The molecule has 0 bridgehead atoms.